The number of hydrogen-bond donors (Lipinski definition) is 0. The molecule has 14 heavy (non-hydrogen) atoms. The summed E-state index contributed by atoms with van der Waals surface area (Å²) < 4.78 is 0. The van der Waals surface area contributed by atoms with Crippen LogP contribution in [0.4, 0.5) is 0 Å². The molecule has 0 amide bonds. The summed E-state index contributed by atoms with van der Waals surface area (Å²) in [4.78, 5) is 11.4. The molecule has 0 spiro atoms. The van der Waals surface area contributed by atoms with Crippen molar-refractivity contribution in [3.8, 4) is 0 Å². The summed E-state index contributed by atoms with van der Waals surface area (Å²) in [6.45, 7) is 0. The molecule has 3 rings (SSSR count). The summed E-state index contributed by atoms with van der Waals surface area (Å²) in [6, 6.07) is 10.5. The number of carbonyl (C=O) groups is 1. The highest BCUT2D eigenvalue weighted by Crippen LogP contribution is 2.56. The Balaban J connectivity index is 1.69. The lowest BCUT2D eigenvalue weighted by Gasteiger charge is -2.02. The van der Waals surface area contributed by atoms with Crippen molar-refractivity contribution in [3.63, 3.8) is 0 Å². The molecule has 0 aromatic heterocycles. The van der Waals surface area contributed by atoms with E-state index in [0.717, 1.165) is 25.2 Å². The Morgan fingerprint density at radius 3 is 2.64 bits per heavy atom. The fourth-order valence-electron chi connectivity index (χ4n) is 2.96. The fraction of sp³-hybridized carbons (Fsp3) is 0.462. The Hall–Kier alpha value is -1.11. The highest BCUT2D eigenvalue weighted by Gasteiger charge is 2.57. The topological polar surface area (TPSA) is 17.1 Å². The average molecular weight is 186 g/mol. The fourth-order valence-corrected chi connectivity index (χ4v) is 2.96. The van der Waals surface area contributed by atoms with E-state index in [4.69, 9.17) is 0 Å². The number of carbonyl (C=O) groups excluding carboxylic acids is 1. The molecule has 1 aromatic rings. The van der Waals surface area contributed by atoms with Crippen molar-refractivity contribution in [2.75, 3.05) is 0 Å². The van der Waals surface area contributed by atoms with Crippen LogP contribution in [0.2, 0.25) is 0 Å². The van der Waals surface area contributed by atoms with Crippen molar-refractivity contribution in [2.24, 2.45) is 17.8 Å². The summed E-state index contributed by atoms with van der Waals surface area (Å²) >= 11 is 0. The molecule has 72 valence electrons. The molecule has 2 saturated carbocycles. The largest absolute Gasteiger partial charge is 0.299 e. The SMILES string of the molecule is O=C1CCC2C(Cc3ccccc3)C12. The molecule has 3 unspecified atom stereocenters. The summed E-state index contributed by atoms with van der Waals surface area (Å²) in [7, 11) is 0. The molecule has 2 aliphatic carbocycles. The van der Waals surface area contributed by atoms with Crippen molar-refractivity contribution < 1.29 is 4.79 Å². The second kappa shape index (κ2) is 2.94. The van der Waals surface area contributed by atoms with Gasteiger partial charge in [0.2, 0.25) is 0 Å². The van der Waals surface area contributed by atoms with Gasteiger partial charge in [0.1, 0.15) is 5.78 Å². The molecule has 0 N–H and O–H groups in total. The van der Waals surface area contributed by atoms with Gasteiger partial charge in [-0.15, -0.1) is 0 Å². The van der Waals surface area contributed by atoms with Crippen LogP contribution in [-0.4, -0.2) is 5.78 Å². The number of benzene rings is 1. The zero-order valence-corrected chi connectivity index (χ0v) is 8.15. The van der Waals surface area contributed by atoms with E-state index in [-0.39, 0.29) is 0 Å². The van der Waals surface area contributed by atoms with Crippen LogP contribution in [0.1, 0.15) is 18.4 Å². The third-order valence-corrected chi connectivity index (χ3v) is 3.74. The van der Waals surface area contributed by atoms with Crippen molar-refractivity contribution >= 4 is 5.78 Å². The van der Waals surface area contributed by atoms with Crippen LogP contribution >= 0.6 is 0 Å². The Morgan fingerprint density at radius 1 is 1.21 bits per heavy atom. The van der Waals surface area contributed by atoms with Gasteiger partial charge in [0.15, 0.2) is 0 Å². The van der Waals surface area contributed by atoms with Gasteiger partial charge in [-0.1, -0.05) is 30.3 Å². The maximum atomic E-state index is 11.4. The van der Waals surface area contributed by atoms with E-state index < -0.39 is 0 Å². The van der Waals surface area contributed by atoms with Gasteiger partial charge in [0, 0.05) is 12.3 Å². The zero-order valence-electron chi connectivity index (χ0n) is 8.15. The molecule has 0 bridgehead atoms. The first kappa shape index (κ1) is 8.22. The summed E-state index contributed by atoms with van der Waals surface area (Å²) in [5.74, 6) is 2.38. The Kier molecular flexibility index (Phi) is 1.73. The number of hydrogen-bond acceptors (Lipinski definition) is 1. The first-order valence-electron chi connectivity index (χ1n) is 5.43. The number of rotatable bonds is 2. The molecule has 0 radical (unpaired) electrons. The summed E-state index contributed by atoms with van der Waals surface area (Å²) in [6.07, 6.45) is 3.11. The van der Waals surface area contributed by atoms with Crippen molar-refractivity contribution in [1.29, 1.82) is 0 Å². The smallest absolute Gasteiger partial charge is 0.136 e. The van der Waals surface area contributed by atoms with Crippen LogP contribution in [0, 0.1) is 17.8 Å². The zero-order chi connectivity index (χ0) is 9.54. The lowest BCUT2D eigenvalue weighted by Crippen LogP contribution is -2.01. The molecule has 0 aliphatic heterocycles. The van der Waals surface area contributed by atoms with E-state index in [9.17, 15) is 4.79 Å². The highest BCUT2D eigenvalue weighted by molar-refractivity contribution is 5.87. The van der Waals surface area contributed by atoms with Crippen molar-refractivity contribution in [3.05, 3.63) is 35.9 Å². The second-order valence-corrected chi connectivity index (χ2v) is 4.55. The molecular formula is C13H14O. The minimum Gasteiger partial charge on any atom is -0.299 e. The van der Waals surface area contributed by atoms with E-state index in [0.29, 0.717) is 17.6 Å². The molecule has 1 nitrogen and oxygen atoms in total. The molecule has 2 fully saturated rings. The van der Waals surface area contributed by atoms with E-state index >= 15 is 0 Å². The van der Waals surface area contributed by atoms with Crippen molar-refractivity contribution in [1.82, 2.24) is 0 Å². The summed E-state index contributed by atoms with van der Waals surface area (Å²) in [5, 5.41) is 0. The van der Waals surface area contributed by atoms with Gasteiger partial charge in [-0.3, -0.25) is 4.79 Å². The van der Waals surface area contributed by atoms with Crippen molar-refractivity contribution in [2.45, 2.75) is 19.3 Å². The summed E-state index contributed by atoms with van der Waals surface area (Å²) in [5.41, 5.74) is 1.39. The Bertz CT molecular complexity index is 355. The first-order valence-corrected chi connectivity index (χ1v) is 5.43. The monoisotopic (exact) mass is 186 g/mol. The number of fused-ring (bicyclic) bond motifs is 1. The molecule has 1 aromatic carbocycles. The van der Waals surface area contributed by atoms with Gasteiger partial charge < -0.3 is 0 Å². The molecule has 3 atom stereocenters. The van der Waals surface area contributed by atoms with Crippen LogP contribution < -0.4 is 0 Å². The van der Waals surface area contributed by atoms with Gasteiger partial charge in [0.05, 0.1) is 0 Å². The van der Waals surface area contributed by atoms with Gasteiger partial charge in [-0.2, -0.15) is 0 Å². The normalized spacial score (nSPS) is 34.3. The van der Waals surface area contributed by atoms with Crippen LogP contribution in [0.15, 0.2) is 30.3 Å². The Morgan fingerprint density at radius 2 is 2.00 bits per heavy atom. The van der Waals surface area contributed by atoms with Gasteiger partial charge in [-0.25, -0.2) is 0 Å². The molecule has 0 saturated heterocycles. The third kappa shape index (κ3) is 1.19. The first-order chi connectivity index (χ1) is 6.86. The predicted molar refractivity (Wildman–Crippen MR) is 54.9 cm³/mol. The second-order valence-electron chi connectivity index (χ2n) is 4.55. The number of ketones is 1. The van der Waals surface area contributed by atoms with Crippen LogP contribution in [0.5, 0.6) is 0 Å². The van der Waals surface area contributed by atoms with E-state index in [1.807, 2.05) is 6.07 Å². The van der Waals surface area contributed by atoms with E-state index in [1.54, 1.807) is 0 Å². The quantitative estimate of drug-likeness (QED) is 0.693. The van der Waals surface area contributed by atoms with E-state index in [2.05, 4.69) is 24.3 Å². The molecule has 0 heterocycles. The lowest BCUT2D eigenvalue weighted by molar-refractivity contribution is -0.119. The maximum Gasteiger partial charge on any atom is 0.136 e. The van der Waals surface area contributed by atoms with Crippen LogP contribution in [0.25, 0.3) is 0 Å². The highest BCUT2D eigenvalue weighted by atomic mass is 16.1. The third-order valence-electron chi connectivity index (χ3n) is 3.74. The Labute approximate surface area is 84.1 Å². The van der Waals surface area contributed by atoms with Crippen LogP contribution in [0.3, 0.4) is 0 Å². The predicted octanol–water partition coefficient (Wildman–Crippen LogP) is 2.45. The van der Waals surface area contributed by atoms with Crippen LogP contribution in [-0.2, 0) is 11.2 Å². The lowest BCUT2D eigenvalue weighted by atomic mass is 10.0. The standard InChI is InChI=1S/C13H14O/c14-12-7-6-10-11(13(10)12)8-9-4-2-1-3-5-9/h1-5,10-11,13H,6-8H2. The average Bonchev–Trinajstić information content (AvgIpc) is 2.75. The van der Waals surface area contributed by atoms with Gasteiger partial charge in [-0.05, 0) is 30.2 Å². The molecular weight excluding hydrogens is 172 g/mol. The maximum absolute atomic E-state index is 11.4. The molecule has 1 heteroatoms. The molecule has 2 aliphatic rings. The minimum atomic E-state index is 0.440. The van der Waals surface area contributed by atoms with Gasteiger partial charge >= 0.3 is 0 Å². The number of Topliss-reactive ketones (excluding diaryl/α,β-unsaturated/α-hetero) is 1. The minimum absolute atomic E-state index is 0.440. The van der Waals surface area contributed by atoms with E-state index in [1.165, 1.54) is 5.56 Å². The van der Waals surface area contributed by atoms with Gasteiger partial charge in [0.25, 0.3) is 0 Å².